The lowest BCUT2D eigenvalue weighted by Crippen LogP contribution is -2.21. The average molecular weight is 365 g/mol. The largest absolute Gasteiger partial charge is 0.387 e. The van der Waals surface area contributed by atoms with Crippen LogP contribution in [0.25, 0.3) is 0 Å². The summed E-state index contributed by atoms with van der Waals surface area (Å²) in [7, 11) is 0. The zero-order valence-electron chi connectivity index (χ0n) is 9.82. The fourth-order valence-corrected chi connectivity index (χ4v) is 3.77. The van der Waals surface area contributed by atoms with E-state index in [1.54, 1.807) is 12.1 Å². The highest BCUT2D eigenvalue weighted by Gasteiger charge is 2.27. The summed E-state index contributed by atoms with van der Waals surface area (Å²) in [4.78, 5) is 0.731. The molecule has 2 atom stereocenters. The summed E-state index contributed by atoms with van der Waals surface area (Å²) in [6, 6.07) is 6.57. The molecule has 0 saturated carbocycles. The molecule has 2 rings (SSSR count). The molecule has 0 spiro atoms. The lowest BCUT2D eigenvalue weighted by molar-refractivity contribution is 0.148. The predicted molar refractivity (Wildman–Crippen MR) is 80.2 cm³/mol. The zero-order chi connectivity index (χ0) is 14.0. The normalized spacial score (nSPS) is 14.4. The average Bonchev–Trinajstić information content (AvgIpc) is 2.81. The fourth-order valence-electron chi connectivity index (χ4n) is 1.93. The van der Waals surface area contributed by atoms with Crippen molar-refractivity contribution in [2.75, 3.05) is 6.54 Å². The Morgan fingerprint density at radius 3 is 2.74 bits per heavy atom. The maximum atomic E-state index is 14.0. The van der Waals surface area contributed by atoms with Gasteiger partial charge in [0.1, 0.15) is 5.82 Å². The van der Waals surface area contributed by atoms with Gasteiger partial charge in [-0.05, 0) is 39.0 Å². The molecule has 2 aromatic rings. The topological polar surface area (TPSA) is 46.2 Å². The predicted octanol–water partition coefficient (Wildman–Crippen LogP) is 4.08. The van der Waals surface area contributed by atoms with Gasteiger partial charge in [0.2, 0.25) is 0 Å². The minimum absolute atomic E-state index is 0.0356. The molecule has 3 N–H and O–H groups in total. The first-order chi connectivity index (χ1) is 9.06. The van der Waals surface area contributed by atoms with Gasteiger partial charge in [0.25, 0.3) is 0 Å². The van der Waals surface area contributed by atoms with E-state index in [4.69, 9.17) is 17.3 Å². The van der Waals surface area contributed by atoms with Crippen molar-refractivity contribution in [2.24, 2.45) is 5.73 Å². The van der Waals surface area contributed by atoms with Crippen LogP contribution < -0.4 is 5.73 Å². The molecular formula is C13H12BrClFNOS. The van der Waals surface area contributed by atoms with Crippen molar-refractivity contribution in [2.45, 2.75) is 12.0 Å². The minimum Gasteiger partial charge on any atom is -0.387 e. The van der Waals surface area contributed by atoms with Gasteiger partial charge in [-0.25, -0.2) is 4.39 Å². The van der Waals surface area contributed by atoms with Crippen LogP contribution in [-0.2, 0) is 0 Å². The lowest BCUT2D eigenvalue weighted by atomic mass is 9.92. The Morgan fingerprint density at radius 2 is 2.16 bits per heavy atom. The Labute approximate surface area is 128 Å². The van der Waals surface area contributed by atoms with Crippen LogP contribution >= 0.6 is 38.9 Å². The monoisotopic (exact) mass is 363 g/mol. The summed E-state index contributed by atoms with van der Waals surface area (Å²) in [5, 5.41) is 12.3. The maximum absolute atomic E-state index is 14.0. The van der Waals surface area contributed by atoms with E-state index in [9.17, 15) is 9.50 Å². The third-order valence-corrected chi connectivity index (χ3v) is 5.16. The summed E-state index contributed by atoms with van der Waals surface area (Å²) in [6.45, 7) is 0.128. The highest BCUT2D eigenvalue weighted by atomic mass is 79.9. The number of hydrogen-bond acceptors (Lipinski definition) is 3. The Hall–Kier alpha value is -0.460. The molecule has 0 aliphatic heterocycles. The summed E-state index contributed by atoms with van der Waals surface area (Å²) in [5.41, 5.74) is 6.04. The maximum Gasteiger partial charge on any atom is 0.145 e. The smallest absolute Gasteiger partial charge is 0.145 e. The van der Waals surface area contributed by atoms with E-state index in [2.05, 4.69) is 15.9 Å². The van der Waals surface area contributed by atoms with E-state index >= 15 is 0 Å². The summed E-state index contributed by atoms with van der Waals surface area (Å²) in [5.74, 6) is -1.06. The molecular weight excluding hydrogens is 353 g/mol. The van der Waals surface area contributed by atoms with Crippen molar-refractivity contribution in [1.29, 1.82) is 0 Å². The Bertz CT molecular complexity index is 578. The van der Waals surface area contributed by atoms with Crippen molar-refractivity contribution in [3.8, 4) is 0 Å². The third-order valence-electron chi connectivity index (χ3n) is 2.93. The van der Waals surface area contributed by atoms with Crippen LogP contribution in [0.5, 0.6) is 0 Å². The molecule has 0 amide bonds. The summed E-state index contributed by atoms with van der Waals surface area (Å²) in [6.07, 6.45) is -0.868. The van der Waals surface area contributed by atoms with Gasteiger partial charge in [-0.15, -0.1) is 11.3 Å². The number of halogens is 3. The van der Waals surface area contributed by atoms with Crippen LogP contribution in [0.4, 0.5) is 4.39 Å². The SMILES string of the molecule is NCC(c1cccc(Cl)c1F)C(O)c1sccc1Br. The van der Waals surface area contributed by atoms with Gasteiger partial charge in [-0.1, -0.05) is 23.7 Å². The molecule has 0 bridgehead atoms. The van der Waals surface area contributed by atoms with E-state index in [1.165, 1.54) is 17.4 Å². The van der Waals surface area contributed by atoms with Crippen LogP contribution in [-0.4, -0.2) is 11.7 Å². The molecule has 102 valence electrons. The van der Waals surface area contributed by atoms with Gasteiger partial charge >= 0.3 is 0 Å². The number of benzene rings is 1. The fraction of sp³-hybridized carbons (Fsp3) is 0.231. The van der Waals surface area contributed by atoms with Crippen LogP contribution in [0.3, 0.4) is 0 Å². The minimum atomic E-state index is -0.868. The van der Waals surface area contributed by atoms with Crippen molar-refractivity contribution in [3.05, 3.63) is 55.4 Å². The van der Waals surface area contributed by atoms with Crippen molar-refractivity contribution >= 4 is 38.9 Å². The molecule has 1 heterocycles. The molecule has 2 unspecified atom stereocenters. The zero-order valence-corrected chi connectivity index (χ0v) is 13.0. The van der Waals surface area contributed by atoms with Gasteiger partial charge < -0.3 is 10.8 Å². The Morgan fingerprint density at radius 1 is 1.42 bits per heavy atom. The second-order valence-electron chi connectivity index (χ2n) is 4.06. The number of aliphatic hydroxyl groups is 1. The first-order valence-electron chi connectivity index (χ1n) is 5.61. The van der Waals surface area contributed by atoms with Gasteiger partial charge in [-0.2, -0.15) is 0 Å². The van der Waals surface area contributed by atoms with E-state index < -0.39 is 17.8 Å². The standard InChI is InChI=1S/C13H12BrClFNOS/c14-9-4-5-19-13(9)12(18)8(6-17)7-2-1-3-10(15)11(7)16/h1-5,8,12,18H,6,17H2. The number of aliphatic hydroxyl groups excluding tert-OH is 1. The number of hydrogen-bond donors (Lipinski definition) is 2. The molecule has 0 aliphatic carbocycles. The molecule has 6 heteroatoms. The molecule has 1 aromatic heterocycles. The molecule has 2 nitrogen and oxygen atoms in total. The molecule has 0 fully saturated rings. The summed E-state index contributed by atoms with van der Waals surface area (Å²) < 4.78 is 14.8. The summed E-state index contributed by atoms with van der Waals surface area (Å²) >= 11 is 10.5. The van der Waals surface area contributed by atoms with Crippen LogP contribution in [0.1, 0.15) is 22.5 Å². The molecule has 0 aliphatic rings. The highest BCUT2D eigenvalue weighted by Crippen LogP contribution is 2.38. The highest BCUT2D eigenvalue weighted by molar-refractivity contribution is 9.10. The van der Waals surface area contributed by atoms with Gasteiger partial charge in [0, 0.05) is 21.8 Å². The van der Waals surface area contributed by atoms with Gasteiger partial charge in [-0.3, -0.25) is 0 Å². The van der Waals surface area contributed by atoms with E-state index in [1.807, 2.05) is 11.4 Å². The Kier molecular flexibility index (Phi) is 4.97. The van der Waals surface area contributed by atoms with Crippen LogP contribution in [0.2, 0.25) is 5.02 Å². The molecule has 0 radical (unpaired) electrons. The number of rotatable bonds is 4. The number of nitrogens with two attached hydrogens (primary N) is 1. The molecule has 0 saturated heterocycles. The second kappa shape index (κ2) is 6.33. The lowest BCUT2D eigenvalue weighted by Gasteiger charge is -2.22. The number of thiophene rings is 1. The first kappa shape index (κ1) is 14.9. The molecule has 1 aromatic carbocycles. The van der Waals surface area contributed by atoms with Crippen LogP contribution in [0, 0.1) is 5.82 Å². The van der Waals surface area contributed by atoms with Crippen molar-refractivity contribution in [1.82, 2.24) is 0 Å². The Balaban J connectivity index is 2.40. The van der Waals surface area contributed by atoms with E-state index in [-0.39, 0.29) is 11.6 Å². The van der Waals surface area contributed by atoms with Crippen molar-refractivity contribution < 1.29 is 9.50 Å². The van der Waals surface area contributed by atoms with E-state index in [0.717, 1.165) is 9.35 Å². The quantitative estimate of drug-likeness (QED) is 0.858. The van der Waals surface area contributed by atoms with Gasteiger partial charge in [0.05, 0.1) is 11.1 Å². The second-order valence-corrected chi connectivity index (χ2v) is 6.27. The van der Waals surface area contributed by atoms with E-state index in [0.29, 0.717) is 5.56 Å². The van der Waals surface area contributed by atoms with Crippen LogP contribution in [0.15, 0.2) is 34.1 Å². The molecule has 19 heavy (non-hydrogen) atoms. The van der Waals surface area contributed by atoms with Gasteiger partial charge in [0.15, 0.2) is 0 Å². The van der Waals surface area contributed by atoms with Crippen molar-refractivity contribution in [3.63, 3.8) is 0 Å². The third kappa shape index (κ3) is 3.01. The first-order valence-corrected chi connectivity index (χ1v) is 7.66.